The second kappa shape index (κ2) is 4.56. The number of aromatic nitrogens is 2. The third kappa shape index (κ3) is 2.24. The molecule has 0 unspecified atom stereocenters. The maximum absolute atomic E-state index is 4.33. The third-order valence-corrected chi connectivity index (χ3v) is 3.92. The van der Waals surface area contributed by atoms with Crippen molar-refractivity contribution in [3.8, 4) is 0 Å². The smallest absolute Gasteiger partial charge is 0.161 e. The van der Waals surface area contributed by atoms with Crippen molar-refractivity contribution in [1.29, 1.82) is 0 Å². The minimum absolute atomic E-state index is 0.926. The minimum atomic E-state index is 0.926. The number of hydrazine groups is 1. The van der Waals surface area contributed by atoms with E-state index in [1.807, 2.05) is 6.07 Å². The number of hydrogen-bond donors (Lipinski definition) is 1. The van der Waals surface area contributed by atoms with Crippen molar-refractivity contribution < 1.29 is 0 Å². The van der Waals surface area contributed by atoms with Crippen LogP contribution < -0.4 is 5.43 Å². The molecule has 3 rings (SSSR count). The summed E-state index contributed by atoms with van der Waals surface area (Å²) in [6.45, 7) is 4.22. The lowest BCUT2D eigenvalue weighted by Gasteiger charge is -2.32. The Morgan fingerprint density at radius 1 is 1.24 bits per heavy atom. The zero-order valence-corrected chi connectivity index (χ0v) is 10.6. The SMILES string of the molecule is CN1CCN(Nc2ncnc3ccsc23)CC1. The predicted molar refractivity (Wildman–Crippen MR) is 70.1 cm³/mol. The van der Waals surface area contributed by atoms with E-state index in [4.69, 9.17) is 0 Å². The number of likely N-dealkylation sites (N-methyl/N-ethyl adjacent to an activating group) is 1. The average Bonchev–Trinajstić information content (AvgIpc) is 2.81. The first kappa shape index (κ1) is 10.9. The van der Waals surface area contributed by atoms with E-state index < -0.39 is 0 Å². The topological polar surface area (TPSA) is 44.3 Å². The van der Waals surface area contributed by atoms with Gasteiger partial charge in [-0.2, -0.15) is 0 Å². The van der Waals surface area contributed by atoms with Crippen molar-refractivity contribution >= 4 is 27.4 Å². The van der Waals surface area contributed by atoms with Crippen molar-refractivity contribution in [1.82, 2.24) is 19.9 Å². The summed E-state index contributed by atoms with van der Waals surface area (Å²) < 4.78 is 1.13. The molecular formula is C11H15N5S. The second-order valence-electron chi connectivity index (χ2n) is 4.26. The Bertz CT molecular complexity index is 503. The van der Waals surface area contributed by atoms with Crippen LogP contribution in [0.4, 0.5) is 5.82 Å². The van der Waals surface area contributed by atoms with Crippen molar-refractivity contribution in [3.63, 3.8) is 0 Å². The number of piperazine rings is 1. The third-order valence-electron chi connectivity index (χ3n) is 3.01. The molecule has 1 saturated heterocycles. The molecule has 0 saturated carbocycles. The summed E-state index contributed by atoms with van der Waals surface area (Å²) >= 11 is 1.68. The van der Waals surface area contributed by atoms with Crippen molar-refractivity contribution in [2.24, 2.45) is 0 Å². The van der Waals surface area contributed by atoms with Gasteiger partial charge < -0.3 is 10.3 Å². The zero-order valence-electron chi connectivity index (χ0n) is 9.76. The van der Waals surface area contributed by atoms with E-state index in [1.165, 1.54) is 0 Å². The number of fused-ring (bicyclic) bond motifs is 1. The van der Waals surface area contributed by atoms with Crippen LogP contribution >= 0.6 is 11.3 Å². The Labute approximate surface area is 104 Å². The van der Waals surface area contributed by atoms with Crippen LogP contribution in [0.15, 0.2) is 17.8 Å². The van der Waals surface area contributed by atoms with Gasteiger partial charge in [0.15, 0.2) is 5.82 Å². The van der Waals surface area contributed by atoms with E-state index in [-0.39, 0.29) is 0 Å². The molecule has 0 radical (unpaired) electrons. The molecule has 5 nitrogen and oxygen atoms in total. The van der Waals surface area contributed by atoms with Crippen LogP contribution in [0.5, 0.6) is 0 Å². The van der Waals surface area contributed by atoms with E-state index in [1.54, 1.807) is 17.7 Å². The fourth-order valence-corrected chi connectivity index (χ4v) is 2.72. The van der Waals surface area contributed by atoms with E-state index in [2.05, 4.69) is 37.7 Å². The number of rotatable bonds is 2. The molecule has 1 aliphatic heterocycles. The Morgan fingerprint density at radius 2 is 2.06 bits per heavy atom. The number of anilines is 1. The van der Waals surface area contributed by atoms with Crippen molar-refractivity contribution in [3.05, 3.63) is 17.8 Å². The van der Waals surface area contributed by atoms with Crippen molar-refractivity contribution in [2.75, 3.05) is 38.7 Å². The molecule has 3 heterocycles. The summed E-state index contributed by atoms with van der Waals surface area (Å²) in [4.78, 5) is 10.9. The summed E-state index contributed by atoms with van der Waals surface area (Å²) in [5, 5.41) is 4.27. The maximum atomic E-state index is 4.33. The Balaban J connectivity index is 1.78. The number of thiophene rings is 1. The second-order valence-corrected chi connectivity index (χ2v) is 5.18. The lowest BCUT2D eigenvalue weighted by molar-refractivity contribution is 0.178. The Hall–Kier alpha value is -1.24. The van der Waals surface area contributed by atoms with Crippen LogP contribution in [0.3, 0.4) is 0 Å². The summed E-state index contributed by atoms with van der Waals surface area (Å²) in [6, 6.07) is 2.02. The van der Waals surface area contributed by atoms with Gasteiger partial charge in [0.2, 0.25) is 0 Å². The van der Waals surface area contributed by atoms with E-state index >= 15 is 0 Å². The average molecular weight is 249 g/mol. The molecule has 1 aliphatic rings. The van der Waals surface area contributed by atoms with Gasteiger partial charge in [-0.3, -0.25) is 0 Å². The van der Waals surface area contributed by atoms with Crippen LogP contribution in [-0.4, -0.2) is 53.1 Å². The van der Waals surface area contributed by atoms with Crippen LogP contribution in [0.25, 0.3) is 10.2 Å². The molecule has 1 fully saturated rings. The molecule has 90 valence electrons. The van der Waals surface area contributed by atoms with Crippen molar-refractivity contribution in [2.45, 2.75) is 0 Å². The van der Waals surface area contributed by atoms with Gasteiger partial charge in [-0.05, 0) is 18.5 Å². The predicted octanol–water partition coefficient (Wildman–Crippen LogP) is 1.27. The zero-order chi connectivity index (χ0) is 11.7. The number of nitrogens with zero attached hydrogens (tertiary/aromatic N) is 4. The van der Waals surface area contributed by atoms with Gasteiger partial charge in [0.05, 0.1) is 10.2 Å². The Kier molecular flexibility index (Phi) is 2.92. The lowest BCUT2D eigenvalue weighted by Crippen LogP contribution is -2.47. The highest BCUT2D eigenvalue weighted by Gasteiger charge is 2.15. The quantitative estimate of drug-likeness (QED) is 0.868. The highest BCUT2D eigenvalue weighted by molar-refractivity contribution is 7.17. The van der Waals surface area contributed by atoms with Gasteiger partial charge in [0.1, 0.15) is 6.33 Å². The van der Waals surface area contributed by atoms with Gasteiger partial charge in [0, 0.05) is 26.2 Å². The minimum Gasteiger partial charge on any atom is -0.304 e. The molecule has 17 heavy (non-hydrogen) atoms. The summed E-state index contributed by atoms with van der Waals surface area (Å²) in [7, 11) is 2.15. The van der Waals surface area contributed by atoms with Crippen LogP contribution in [-0.2, 0) is 0 Å². The standard InChI is InChI=1S/C11H15N5S/c1-15-3-5-16(6-4-15)14-11-10-9(2-7-17-10)12-8-13-11/h2,7-8H,3-6H2,1H3,(H,12,13,14). The van der Waals surface area contributed by atoms with Gasteiger partial charge in [0.25, 0.3) is 0 Å². The molecule has 0 aromatic carbocycles. The highest BCUT2D eigenvalue weighted by Crippen LogP contribution is 2.25. The number of hydrogen-bond acceptors (Lipinski definition) is 6. The van der Waals surface area contributed by atoms with E-state index in [0.29, 0.717) is 0 Å². The molecular weight excluding hydrogens is 234 g/mol. The summed E-state index contributed by atoms with van der Waals surface area (Å²) in [5.74, 6) is 0.926. The molecule has 2 aromatic rings. The van der Waals surface area contributed by atoms with Crippen LogP contribution in [0.1, 0.15) is 0 Å². The monoisotopic (exact) mass is 249 g/mol. The fraction of sp³-hybridized carbons (Fsp3) is 0.455. The first-order valence-corrected chi connectivity index (χ1v) is 6.59. The summed E-state index contributed by atoms with van der Waals surface area (Å²) in [5.41, 5.74) is 4.41. The summed E-state index contributed by atoms with van der Waals surface area (Å²) in [6.07, 6.45) is 1.62. The molecule has 0 atom stereocenters. The largest absolute Gasteiger partial charge is 0.304 e. The molecule has 0 spiro atoms. The van der Waals surface area contributed by atoms with E-state index in [9.17, 15) is 0 Å². The van der Waals surface area contributed by atoms with Crippen LogP contribution in [0, 0.1) is 0 Å². The molecule has 0 amide bonds. The lowest BCUT2D eigenvalue weighted by atomic mass is 10.4. The molecule has 0 aliphatic carbocycles. The normalized spacial score (nSPS) is 18.6. The first-order chi connectivity index (χ1) is 8.33. The van der Waals surface area contributed by atoms with Gasteiger partial charge in [-0.15, -0.1) is 11.3 Å². The number of nitrogens with one attached hydrogen (secondary N) is 1. The first-order valence-electron chi connectivity index (χ1n) is 5.71. The van der Waals surface area contributed by atoms with Gasteiger partial charge in [-0.25, -0.2) is 15.0 Å². The molecule has 2 aromatic heterocycles. The fourth-order valence-electron chi connectivity index (χ4n) is 1.94. The van der Waals surface area contributed by atoms with E-state index in [0.717, 1.165) is 42.2 Å². The molecule has 0 bridgehead atoms. The molecule has 6 heteroatoms. The van der Waals surface area contributed by atoms with Crippen LogP contribution in [0.2, 0.25) is 0 Å². The highest BCUT2D eigenvalue weighted by atomic mass is 32.1. The van der Waals surface area contributed by atoms with Gasteiger partial charge >= 0.3 is 0 Å². The maximum Gasteiger partial charge on any atom is 0.161 e. The Morgan fingerprint density at radius 3 is 2.88 bits per heavy atom. The van der Waals surface area contributed by atoms with Gasteiger partial charge in [-0.1, -0.05) is 0 Å². The molecule has 1 N–H and O–H groups in total.